The molecular formula is C24H20BrCl2NO5Si. The van der Waals surface area contributed by atoms with Gasteiger partial charge in [0.1, 0.15) is 23.9 Å². The maximum Gasteiger partial charge on any atom is 0.271 e. The minimum atomic E-state index is -1.24. The topological polar surface area (TPSA) is 66.4 Å². The quantitative estimate of drug-likeness (QED) is 0.279. The average molecular weight is 581 g/mol. The Balaban J connectivity index is 1.62. The van der Waals surface area contributed by atoms with Crippen LogP contribution in [0.3, 0.4) is 0 Å². The molecule has 3 aromatic carbocycles. The van der Waals surface area contributed by atoms with Crippen molar-refractivity contribution in [2.75, 3.05) is 19.9 Å². The molecule has 1 amide bonds. The van der Waals surface area contributed by atoms with Crippen LogP contribution in [0.25, 0.3) is 0 Å². The largest absolute Gasteiger partial charge is 0.497 e. The second-order valence-electron chi connectivity index (χ2n) is 7.38. The first kappa shape index (κ1) is 24.9. The molecule has 1 heterocycles. The van der Waals surface area contributed by atoms with E-state index >= 15 is 0 Å². The molecule has 1 fully saturated rings. The lowest BCUT2D eigenvalue weighted by molar-refractivity contribution is 0.0998. The zero-order valence-corrected chi connectivity index (χ0v) is 22.2. The van der Waals surface area contributed by atoms with E-state index in [0.717, 1.165) is 21.8 Å². The van der Waals surface area contributed by atoms with Gasteiger partial charge in [-0.05, 0) is 54.1 Å². The van der Waals surface area contributed by atoms with Gasteiger partial charge in [-0.1, -0.05) is 51.3 Å². The van der Waals surface area contributed by atoms with Crippen LogP contribution < -0.4 is 14.2 Å². The van der Waals surface area contributed by atoms with E-state index in [9.17, 15) is 4.79 Å². The van der Waals surface area contributed by atoms with Crippen molar-refractivity contribution >= 4 is 53.6 Å². The van der Waals surface area contributed by atoms with Crippen LogP contribution in [-0.4, -0.2) is 34.4 Å². The van der Waals surface area contributed by atoms with Gasteiger partial charge < -0.3 is 18.9 Å². The highest BCUT2D eigenvalue weighted by atomic mass is 79.9. The molecule has 0 bridgehead atoms. The molecule has 0 spiro atoms. The van der Waals surface area contributed by atoms with Gasteiger partial charge in [-0.2, -0.15) is 0 Å². The molecule has 3 aromatic rings. The summed E-state index contributed by atoms with van der Waals surface area (Å²) < 4.78 is 27.6. The van der Waals surface area contributed by atoms with Gasteiger partial charge in [-0.25, -0.2) is 0 Å². The Hall–Kier alpha value is -2.23. The molecule has 1 aliphatic heterocycles. The van der Waals surface area contributed by atoms with Crippen LogP contribution in [0, 0.1) is 0 Å². The highest BCUT2D eigenvalue weighted by Gasteiger charge is 2.19. The summed E-state index contributed by atoms with van der Waals surface area (Å²) in [5.41, 5.74) is 1.24. The van der Waals surface area contributed by atoms with Crippen molar-refractivity contribution in [1.82, 2.24) is 0 Å². The Morgan fingerprint density at radius 2 is 1.79 bits per heavy atom. The summed E-state index contributed by atoms with van der Waals surface area (Å²) in [6, 6.07) is 16.7. The second-order valence-corrected chi connectivity index (χ2v) is 11.3. The van der Waals surface area contributed by atoms with Crippen LogP contribution in [0.15, 0.2) is 63.7 Å². The monoisotopic (exact) mass is 579 g/mol. The average Bonchev–Trinajstić information content (AvgIpc) is 3.33. The van der Waals surface area contributed by atoms with Gasteiger partial charge in [0.05, 0.1) is 28.9 Å². The SMILES string of the molecule is COc1ccc(COc2ccc(Oc3c(Cl)cc(Br)cc3Cl)cc2C(=O)/N=[Si]2\CCOC2)cc1. The predicted molar refractivity (Wildman–Crippen MR) is 136 cm³/mol. The molecule has 10 heteroatoms. The Labute approximate surface area is 217 Å². The number of halogens is 3. The fourth-order valence-electron chi connectivity index (χ4n) is 3.24. The minimum absolute atomic E-state index is 0.274. The number of carbonyl (C=O) groups excluding carboxylic acids is 1. The molecule has 0 radical (unpaired) electrons. The molecule has 6 nitrogen and oxygen atoms in total. The summed E-state index contributed by atoms with van der Waals surface area (Å²) >= 11 is 16.0. The summed E-state index contributed by atoms with van der Waals surface area (Å²) in [5, 5.41) is 0.676. The highest BCUT2D eigenvalue weighted by molar-refractivity contribution is 9.10. The second kappa shape index (κ2) is 11.5. The van der Waals surface area contributed by atoms with Crippen molar-refractivity contribution in [2.45, 2.75) is 12.7 Å². The highest BCUT2D eigenvalue weighted by Crippen LogP contribution is 2.39. The van der Waals surface area contributed by atoms with Crippen LogP contribution in [0.4, 0.5) is 0 Å². The molecule has 1 aliphatic rings. The Morgan fingerprint density at radius 3 is 2.44 bits per heavy atom. The third-order valence-electron chi connectivity index (χ3n) is 4.98. The fraction of sp³-hybridized carbons (Fsp3) is 0.208. The lowest BCUT2D eigenvalue weighted by atomic mass is 10.1. The van der Waals surface area contributed by atoms with Crippen molar-refractivity contribution in [3.8, 4) is 23.0 Å². The molecule has 0 unspecified atom stereocenters. The van der Waals surface area contributed by atoms with Crippen LogP contribution in [0.2, 0.25) is 16.1 Å². The van der Waals surface area contributed by atoms with Crippen LogP contribution in [0.5, 0.6) is 23.0 Å². The van der Waals surface area contributed by atoms with Crippen LogP contribution in [0.1, 0.15) is 15.9 Å². The number of ether oxygens (including phenoxy) is 4. The number of benzene rings is 3. The summed E-state index contributed by atoms with van der Waals surface area (Å²) in [5.74, 6) is 1.49. The van der Waals surface area contributed by atoms with Crippen molar-refractivity contribution in [3.63, 3.8) is 0 Å². The molecule has 0 atom stereocenters. The minimum Gasteiger partial charge on any atom is -0.497 e. The molecular weight excluding hydrogens is 561 g/mol. The number of methoxy groups -OCH3 is 1. The Bertz CT molecular complexity index is 1210. The zero-order chi connectivity index (χ0) is 24.1. The first-order chi connectivity index (χ1) is 16.4. The predicted octanol–water partition coefficient (Wildman–Crippen LogP) is 7.11. The first-order valence-electron chi connectivity index (χ1n) is 10.3. The number of hydrogen-bond acceptors (Lipinski definition) is 5. The number of hydrogen-bond donors (Lipinski definition) is 0. The van der Waals surface area contributed by atoms with Crippen LogP contribution in [-0.2, 0) is 11.3 Å². The number of amides is 1. The summed E-state index contributed by atoms with van der Waals surface area (Å²) in [4.78, 5) is 13.1. The van der Waals surface area contributed by atoms with Gasteiger partial charge in [-0.15, -0.1) is 0 Å². The fourth-order valence-corrected chi connectivity index (χ4v) is 6.01. The first-order valence-corrected chi connectivity index (χ1v) is 13.7. The third-order valence-corrected chi connectivity index (χ3v) is 7.84. The van der Waals surface area contributed by atoms with E-state index in [1.807, 2.05) is 24.3 Å². The van der Waals surface area contributed by atoms with E-state index in [0.29, 0.717) is 45.7 Å². The maximum atomic E-state index is 13.1. The third kappa shape index (κ3) is 6.25. The normalized spacial score (nSPS) is 14.3. The lowest BCUT2D eigenvalue weighted by Gasteiger charge is -2.14. The van der Waals surface area contributed by atoms with E-state index in [2.05, 4.69) is 20.6 Å². The van der Waals surface area contributed by atoms with Gasteiger partial charge in [0.15, 0.2) is 14.3 Å². The molecule has 0 aromatic heterocycles. The lowest BCUT2D eigenvalue weighted by Crippen LogP contribution is -2.08. The van der Waals surface area contributed by atoms with E-state index in [-0.39, 0.29) is 12.5 Å². The van der Waals surface area contributed by atoms with Gasteiger partial charge in [0.2, 0.25) is 0 Å². The van der Waals surface area contributed by atoms with Gasteiger partial charge in [0.25, 0.3) is 5.91 Å². The number of rotatable bonds is 7. The van der Waals surface area contributed by atoms with Crippen molar-refractivity contribution < 1.29 is 23.7 Å². The molecule has 34 heavy (non-hydrogen) atoms. The number of carbonyl (C=O) groups is 1. The van der Waals surface area contributed by atoms with E-state index in [1.165, 1.54) is 0 Å². The molecule has 0 N–H and O–H groups in total. The van der Waals surface area contributed by atoms with E-state index in [1.54, 1.807) is 37.4 Å². The smallest absolute Gasteiger partial charge is 0.271 e. The van der Waals surface area contributed by atoms with Crippen molar-refractivity contribution in [1.29, 1.82) is 0 Å². The van der Waals surface area contributed by atoms with Gasteiger partial charge >= 0.3 is 0 Å². The Morgan fingerprint density at radius 1 is 1.09 bits per heavy atom. The molecule has 1 saturated heterocycles. The summed E-state index contributed by atoms with van der Waals surface area (Å²) in [6.07, 6.45) is 0.527. The van der Waals surface area contributed by atoms with E-state index < -0.39 is 8.59 Å². The zero-order valence-electron chi connectivity index (χ0n) is 18.1. The van der Waals surface area contributed by atoms with Gasteiger partial charge in [0, 0.05) is 11.1 Å². The van der Waals surface area contributed by atoms with Gasteiger partial charge in [-0.3, -0.25) is 9.43 Å². The molecule has 0 saturated carbocycles. The van der Waals surface area contributed by atoms with Crippen LogP contribution >= 0.6 is 39.1 Å². The molecule has 4 rings (SSSR count). The van der Waals surface area contributed by atoms with E-state index in [4.69, 9.17) is 42.1 Å². The van der Waals surface area contributed by atoms with Crippen molar-refractivity contribution in [3.05, 3.63) is 80.2 Å². The standard InChI is InChI=1S/C24H20BrCl2NO5Si/c1-30-17-4-2-15(3-5-17)13-32-22-7-6-18(33-23-20(26)10-16(25)11-21(23)27)12-19(22)24(29)28-34-9-8-31-14-34/h2-7,10-12H,8-9,13-14H2,1H3/b34-28+. The summed E-state index contributed by atoms with van der Waals surface area (Å²) in [6.45, 7) is 0.908. The Kier molecular flexibility index (Phi) is 8.39. The molecule has 0 aliphatic carbocycles. The molecule has 176 valence electrons. The maximum absolute atomic E-state index is 13.1. The summed E-state index contributed by atoms with van der Waals surface area (Å²) in [7, 11) is 0.372. The number of nitrogens with zero attached hydrogens (tertiary/aromatic N) is 1. The van der Waals surface area contributed by atoms with Crippen molar-refractivity contribution in [2.24, 2.45) is 4.63 Å².